The summed E-state index contributed by atoms with van der Waals surface area (Å²) in [5, 5.41) is 3.21. The molecule has 24 heavy (non-hydrogen) atoms. The monoisotopic (exact) mass is 367 g/mol. The highest BCUT2D eigenvalue weighted by atomic mass is 35.5. The molecule has 1 saturated heterocycles. The van der Waals surface area contributed by atoms with Crippen molar-refractivity contribution < 1.29 is 4.84 Å². The number of aromatic amines is 1. The number of hydrogen-bond acceptors (Lipinski definition) is 4. The van der Waals surface area contributed by atoms with Crippen molar-refractivity contribution in [2.75, 3.05) is 26.2 Å². The van der Waals surface area contributed by atoms with Gasteiger partial charge in [0.05, 0.1) is 11.6 Å². The van der Waals surface area contributed by atoms with Crippen molar-refractivity contribution in [3.63, 3.8) is 0 Å². The van der Waals surface area contributed by atoms with Crippen molar-refractivity contribution in [1.82, 2.24) is 14.9 Å². The Balaban J connectivity index is 1.48. The third-order valence-corrected chi connectivity index (χ3v) is 4.62. The summed E-state index contributed by atoms with van der Waals surface area (Å²) in [6, 6.07) is 9.40. The summed E-state index contributed by atoms with van der Waals surface area (Å²) in [5.41, 5.74) is 1.58. The lowest BCUT2D eigenvalue weighted by Crippen LogP contribution is -2.46. The van der Waals surface area contributed by atoms with Crippen LogP contribution in [0.1, 0.15) is 11.1 Å². The highest BCUT2D eigenvalue weighted by Gasteiger charge is 2.18. The van der Waals surface area contributed by atoms with E-state index in [0.717, 1.165) is 36.8 Å². The van der Waals surface area contributed by atoms with Gasteiger partial charge in [0, 0.05) is 49.5 Å². The second-order valence-electron chi connectivity index (χ2n) is 5.74. The molecule has 1 aliphatic heterocycles. The molecule has 0 radical (unpaired) electrons. The Morgan fingerprint density at radius 1 is 1.08 bits per heavy atom. The van der Waals surface area contributed by atoms with Gasteiger partial charge >= 0.3 is 0 Å². The first kappa shape index (κ1) is 17.5. The van der Waals surface area contributed by atoms with Gasteiger partial charge in [0.2, 0.25) is 0 Å². The van der Waals surface area contributed by atoms with E-state index in [1.807, 2.05) is 29.3 Å². The van der Waals surface area contributed by atoms with Gasteiger partial charge in [0.15, 0.2) is 0 Å². The smallest absolute Gasteiger partial charge is 0.252 e. The van der Waals surface area contributed by atoms with Crippen LogP contribution in [0.15, 0.2) is 41.3 Å². The minimum absolute atomic E-state index is 0.0863. The molecule has 2 aromatic rings. The first-order valence-corrected chi connectivity index (χ1v) is 8.58. The normalized spacial score (nSPS) is 16.4. The van der Waals surface area contributed by atoms with E-state index in [1.165, 1.54) is 6.20 Å². The molecule has 1 aliphatic rings. The zero-order valence-corrected chi connectivity index (χ0v) is 14.7. The van der Waals surface area contributed by atoms with E-state index in [-0.39, 0.29) is 5.56 Å². The summed E-state index contributed by atoms with van der Waals surface area (Å²) in [6.07, 6.45) is 1.51. The third kappa shape index (κ3) is 4.59. The molecule has 5 nitrogen and oxygen atoms in total. The van der Waals surface area contributed by atoms with E-state index >= 15 is 0 Å². The Labute approximate surface area is 150 Å². The summed E-state index contributed by atoms with van der Waals surface area (Å²) in [6.45, 7) is 4.27. The number of H-pyrrole nitrogens is 1. The Hall–Kier alpha value is -1.37. The van der Waals surface area contributed by atoms with Crippen LogP contribution in [0.3, 0.4) is 0 Å². The van der Waals surface area contributed by atoms with Crippen LogP contribution in [0.25, 0.3) is 0 Å². The van der Waals surface area contributed by atoms with E-state index in [4.69, 9.17) is 28.0 Å². The lowest BCUT2D eigenvalue weighted by molar-refractivity contribution is -0.186. The molecule has 0 spiro atoms. The summed E-state index contributed by atoms with van der Waals surface area (Å²) in [5.74, 6) is 0. The van der Waals surface area contributed by atoms with Crippen molar-refractivity contribution in [3.8, 4) is 0 Å². The fourth-order valence-electron chi connectivity index (χ4n) is 2.65. The minimum Gasteiger partial charge on any atom is -0.327 e. The molecule has 1 aromatic heterocycles. The number of nitrogens with one attached hydrogen (secondary N) is 1. The Morgan fingerprint density at radius 2 is 1.83 bits per heavy atom. The maximum Gasteiger partial charge on any atom is 0.252 e. The first-order chi connectivity index (χ1) is 11.6. The van der Waals surface area contributed by atoms with Crippen LogP contribution in [0.4, 0.5) is 0 Å². The average molecular weight is 368 g/mol. The van der Waals surface area contributed by atoms with E-state index in [2.05, 4.69) is 9.88 Å². The van der Waals surface area contributed by atoms with Gasteiger partial charge in [-0.15, -0.1) is 0 Å². The summed E-state index contributed by atoms with van der Waals surface area (Å²) in [7, 11) is 0. The lowest BCUT2D eigenvalue weighted by atomic mass is 10.2. The molecule has 1 fully saturated rings. The number of hydrogen-bond donors (Lipinski definition) is 1. The number of halogens is 2. The van der Waals surface area contributed by atoms with Crippen molar-refractivity contribution in [1.29, 1.82) is 0 Å². The minimum atomic E-state index is -0.0863. The number of hydroxylamine groups is 2. The molecule has 0 amide bonds. The zero-order valence-electron chi connectivity index (χ0n) is 13.2. The fraction of sp³-hybridized carbons (Fsp3) is 0.353. The van der Waals surface area contributed by atoms with Gasteiger partial charge in [-0.05, 0) is 17.7 Å². The van der Waals surface area contributed by atoms with Gasteiger partial charge in [-0.25, -0.2) is 0 Å². The van der Waals surface area contributed by atoms with Crippen LogP contribution in [-0.2, 0) is 18.0 Å². The predicted molar refractivity (Wildman–Crippen MR) is 95.2 cm³/mol. The average Bonchev–Trinajstić information content (AvgIpc) is 2.59. The molecule has 0 atom stereocenters. The summed E-state index contributed by atoms with van der Waals surface area (Å²) in [4.78, 5) is 22.5. The van der Waals surface area contributed by atoms with E-state index in [1.54, 1.807) is 6.07 Å². The molecule has 0 bridgehead atoms. The van der Waals surface area contributed by atoms with E-state index in [0.29, 0.717) is 23.7 Å². The largest absolute Gasteiger partial charge is 0.327 e. The molecule has 0 aliphatic carbocycles. The van der Waals surface area contributed by atoms with Gasteiger partial charge in [-0.2, -0.15) is 5.06 Å². The van der Waals surface area contributed by atoms with Crippen molar-refractivity contribution in [3.05, 3.63) is 68.1 Å². The van der Waals surface area contributed by atoms with Gasteiger partial charge in [-0.1, -0.05) is 41.4 Å². The molecular formula is C17H19Cl2N3O2. The maximum atomic E-state index is 11.8. The van der Waals surface area contributed by atoms with Gasteiger partial charge in [0.1, 0.15) is 0 Å². The quantitative estimate of drug-likeness (QED) is 0.882. The second-order valence-corrected chi connectivity index (χ2v) is 6.59. The molecule has 1 aromatic carbocycles. The predicted octanol–water partition coefficient (Wildman–Crippen LogP) is 2.93. The van der Waals surface area contributed by atoms with Gasteiger partial charge < -0.3 is 4.98 Å². The van der Waals surface area contributed by atoms with E-state index < -0.39 is 0 Å². The molecule has 128 valence electrons. The molecule has 0 unspecified atom stereocenters. The number of pyridine rings is 1. The van der Waals surface area contributed by atoms with Crippen molar-refractivity contribution in [2.45, 2.75) is 13.2 Å². The van der Waals surface area contributed by atoms with Crippen LogP contribution in [-0.4, -0.2) is 41.1 Å². The number of piperazine rings is 1. The maximum absolute atomic E-state index is 11.8. The van der Waals surface area contributed by atoms with Gasteiger partial charge in [0.25, 0.3) is 5.56 Å². The number of rotatable bonds is 5. The summed E-state index contributed by atoms with van der Waals surface area (Å²) < 4.78 is 0. The Kier molecular flexibility index (Phi) is 5.92. The van der Waals surface area contributed by atoms with Crippen molar-refractivity contribution in [2.24, 2.45) is 0 Å². The van der Waals surface area contributed by atoms with Crippen molar-refractivity contribution >= 4 is 23.2 Å². The number of benzene rings is 1. The van der Waals surface area contributed by atoms with Crippen LogP contribution in [0.2, 0.25) is 10.0 Å². The lowest BCUT2D eigenvalue weighted by Gasteiger charge is -2.33. The standard InChI is InChI=1S/C17H19Cl2N3O2/c18-15-9-14(17(23)20-10-15)11-21-5-7-22(8-6-21)24-12-13-3-1-2-4-16(13)19/h1-4,9-10H,5-8,11-12H2,(H,20,23). The highest BCUT2D eigenvalue weighted by molar-refractivity contribution is 6.31. The zero-order chi connectivity index (χ0) is 16.9. The number of aromatic nitrogens is 1. The Bertz CT molecular complexity index is 743. The summed E-state index contributed by atoms with van der Waals surface area (Å²) >= 11 is 12.1. The molecular weight excluding hydrogens is 349 g/mol. The van der Waals surface area contributed by atoms with E-state index in [9.17, 15) is 4.79 Å². The van der Waals surface area contributed by atoms with Crippen LogP contribution < -0.4 is 5.56 Å². The molecule has 1 N–H and O–H groups in total. The van der Waals surface area contributed by atoms with Gasteiger partial charge in [-0.3, -0.25) is 14.5 Å². The van der Waals surface area contributed by atoms with Crippen LogP contribution in [0.5, 0.6) is 0 Å². The molecule has 7 heteroatoms. The molecule has 0 saturated carbocycles. The number of nitrogens with zero attached hydrogens (tertiary/aromatic N) is 2. The third-order valence-electron chi connectivity index (χ3n) is 4.03. The second kappa shape index (κ2) is 8.14. The molecule has 3 rings (SSSR count). The topological polar surface area (TPSA) is 48.6 Å². The van der Waals surface area contributed by atoms with Crippen LogP contribution in [0, 0.1) is 0 Å². The SMILES string of the molecule is O=c1[nH]cc(Cl)cc1CN1CCN(OCc2ccccc2Cl)CC1. The molecule has 2 heterocycles. The first-order valence-electron chi connectivity index (χ1n) is 7.82. The fourth-order valence-corrected chi connectivity index (χ4v) is 3.03. The van der Waals surface area contributed by atoms with Crippen LogP contribution >= 0.6 is 23.2 Å². The highest BCUT2D eigenvalue weighted by Crippen LogP contribution is 2.17. The Morgan fingerprint density at radius 3 is 2.58 bits per heavy atom.